The fourth-order valence-electron chi connectivity index (χ4n) is 1.98. The maximum absolute atomic E-state index is 12.4. The maximum atomic E-state index is 12.4. The second-order valence-corrected chi connectivity index (χ2v) is 5.00. The molecule has 1 aromatic rings. The van der Waals surface area contributed by atoms with Crippen LogP contribution >= 0.6 is 11.6 Å². The minimum atomic E-state index is -0.0495. The Morgan fingerprint density at radius 3 is 2.94 bits per heavy atom. The van der Waals surface area contributed by atoms with E-state index in [0.717, 1.165) is 12.0 Å². The van der Waals surface area contributed by atoms with Crippen molar-refractivity contribution in [3.05, 3.63) is 46.6 Å². The number of nitrogens with zero attached hydrogens (tertiary/aromatic N) is 1. The van der Waals surface area contributed by atoms with Crippen molar-refractivity contribution in [3.63, 3.8) is 0 Å². The summed E-state index contributed by atoms with van der Waals surface area (Å²) in [7, 11) is 0. The van der Waals surface area contributed by atoms with Crippen molar-refractivity contribution in [3.8, 4) is 0 Å². The molecular formula is C15H16ClNO. The van der Waals surface area contributed by atoms with Crippen LogP contribution in [0.3, 0.4) is 0 Å². The van der Waals surface area contributed by atoms with Gasteiger partial charge in [-0.15, -0.1) is 0 Å². The molecule has 1 heterocycles. The number of aryl methyl sites for hydroxylation is 1. The highest BCUT2D eigenvalue weighted by atomic mass is 35.5. The molecule has 0 saturated carbocycles. The fourth-order valence-corrected chi connectivity index (χ4v) is 2.18. The van der Waals surface area contributed by atoms with Crippen LogP contribution in [0, 0.1) is 5.92 Å². The molecule has 1 aliphatic heterocycles. The predicted octanol–water partition coefficient (Wildman–Crippen LogP) is 4.08. The molecule has 0 radical (unpaired) electrons. The molecule has 1 aliphatic rings. The van der Waals surface area contributed by atoms with Crippen molar-refractivity contribution in [2.45, 2.75) is 26.7 Å². The predicted molar refractivity (Wildman–Crippen MR) is 75.5 cm³/mol. The van der Waals surface area contributed by atoms with E-state index in [9.17, 15) is 4.79 Å². The molecule has 0 fully saturated rings. The van der Waals surface area contributed by atoms with Gasteiger partial charge in [0.1, 0.15) is 0 Å². The minimum absolute atomic E-state index is 0.0495. The van der Waals surface area contributed by atoms with Gasteiger partial charge in [-0.3, -0.25) is 9.79 Å². The second-order valence-electron chi connectivity index (χ2n) is 4.60. The highest BCUT2D eigenvalue weighted by molar-refractivity contribution is 6.49. The van der Waals surface area contributed by atoms with Gasteiger partial charge < -0.3 is 0 Å². The lowest BCUT2D eigenvalue weighted by Gasteiger charge is -2.13. The van der Waals surface area contributed by atoms with Gasteiger partial charge in [0, 0.05) is 11.8 Å². The molecule has 1 aromatic carbocycles. The summed E-state index contributed by atoms with van der Waals surface area (Å²) in [6.45, 7) is 4.13. The number of rotatable bonds is 3. The molecular weight excluding hydrogens is 246 g/mol. The van der Waals surface area contributed by atoms with Crippen molar-refractivity contribution >= 4 is 23.1 Å². The first-order valence-corrected chi connectivity index (χ1v) is 6.56. The number of halogens is 1. The number of Topliss-reactive ketones (excluding diaryl/α,β-unsaturated/α-hetero) is 1. The summed E-state index contributed by atoms with van der Waals surface area (Å²) in [4.78, 5) is 16.6. The van der Waals surface area contributed by atoms with Gasteiger partial charge in [0.25, 0.3) is 0 Å². The van der Waals surface area contributed by atoms with E-state index in [4.69, 9.17) is 11.6 Å². The quantitative estimate of drug-likeness (QED) is 0.754. The first-order chi connectivity index (χ1) is 8.61. The summed E-state index contributed by atoms with van der Waals surface area (Å²) in [5.74, 6) is 0.307. The number of carbonyl (C=O) groups excluding carboxylic acids is 1. The van der Waals surface area contributed by atoms with Crippen LogP contribution in [0.15, 0.2) is 35.5 Å². The van der Waals surface area contributed by atoms with Crippen LogP contribution < -0.4 is 0 Å². The zero-order chi connectivity index (χ0) is 13.1. The monoisotopic (exact) mass is 261 g/mol. The van der Waals surface area contributed by atoms with Gasteiger partial charge in [0.2, 0.25) is 5.78 Å². The molecule has 18 heavy (non-hydrogen) atoms. The van der Waals surface area contributed by atoms with Gasteiger partial charge in [-0.2, -0.15) is 0 Å². The average molecular weight is 262 g/mol. The Labute approximate surface area is 112 Å². The highest BCUT2D eigenvalue weighted by Gasteiger charge is 2.20. The molecule has 0 aromatic heterocycles. The van der Waals surface area contributed by atoms with Crippen LogP contribution in [0.2, 0.25) is 5.02 Å². The zero-order valence-electron chi connectivity index (χ0n) is 10.6. The number of allylic oxidation sites excluding steroid dienone is 1. The van der Waals surface area contributed by atoms with E-state index in [0.29, 0.717) is 28.6 Å². The van der Waals surface area contributed by atoms with Gasteiger partial charge in [0.05, 0.1) is 10.7 Å². The summed E-state index contributed by atoms with van der Waals surface area (Å²) in [6.07, 6.45) is 5.28. The molecule has 2 rings (SSSR count). The largest absolute Gasteiger partial charge is 0.287 e. The van der Waals surface area contributed by atoms with E-state index in [-0.39, 0.29) is 5.78 Å². The van der Waals surface area contributed by atoms with Crippen LogP contribution in [0.25, 0.3) is 0 Å². The van der Waals surface area contributed by atoms with E-state index in [1.54, 1.807) is 12.3 Å². The minimum Gasteiger partial charge on any atom is -0.287 e. The van der Waals surface area contributed by atoms with E-state index in [1.165, 1.54) is 0 Å². The summed E-state index contributed by atoms with van der Waals surface area (Å²) in [5, 5.41) is 0.502. The van der Waals surface area contributed by atoms with Crippen LogP contribution in [-0.2, 0) is 6.42 Å². The summed E-state index contributed by atoms with van der Waals surface area (Å²) < 4.78 is 0. The number of hydrogen-bond donors (Lipinski definition) is 0. The van der Waals surface area contributed by atoms with Crippen molar-refractivity contribution < 1.29 is 4.79 Å². The number of hydrogen-bond acceptors (Lipinski definition) is 2. The third-order valence-corrected chi connectivity index (χ3v) is 3.44. The first kappa shape index (κ1) is 13.0. The molecule has 0 N–H and O–H groups in total. The molecule has 0 saturated heterocycles. The van der Waals surface area contributed by atoms with E-state index < -0.39 is 0 Å². The third kappa shape index (κ3) is 2.70. The number of ketones is 1. The van der Waals surface area contributed by atoms with Crippen molar-refractivity contribution in [2.75, 3.05) is 0 Å². The lowest BCUT2D eigenvalue weighted by Crippen LogP contribution is -2.19. The topological polar surface area (TPSA) is 29.4 Å². The van der Waals surface area contributed by atoms with Crippen molar-refractivity contribution in [2.24, 2.45) is 10.9 Å². The fraction of sp³-hybridized carbons (Fsp3) is 0.333. The zero-order valence-corrected chi connectivity index (χ0v) is 11.4. The SMILES string of the molecule is CCc1ccc(Cl)c(C(=O)C2=NC=C[C@H](C)C2)c1. The lowest BCUT2D eigenvalue weighted by atomic mass is 9.95. The molecule has 94 valence electrons. The summed E-state index contributed by atoms with van der Waals surface area (Å²) in [6, 6.07) is 5.61. The maximum Gasteiger partial charge on any atom is 0.208 e. The molecule has 0 amide bonds. The molecule has 3 heteroatoms. The number of aliphatic imine (C=N–C) groups is 1. The second kappa shape index (κ2) is 5.49. The molecule has 1 atom stereocenters. The van der Waals surface area contributed by atoms with Crippen LogP contribution in [0.1, 0.15) is 36.2 Å². The first-order valence-electron chi connectivity index (χ1n) is 6.18. The Morgan fingerprint density at radius 2 is 2.28 bits per heavy atom. The Hall–Kier alpha value is -1.41. The Bertz CT molecular complexity index is 531. The van der Waals surface area contributed by atoms with Crippen LogP contribution in [0.4, 0.5) is 0 Å². The van der Waals surface area contributed by atoms with Crippen LogP contribution in [0.5, 0.6) is 0 Å². The standard InChI is InChI=1S/C15H16ClNO/c1-3-11-4-5-13(16)12(9-11)15(18)14-8-10(2)6-7-17-14/h4-7,9-10H,3,8H2,1-2H3/t10-/m0/s1. The van der Waals surface area contributed by atoms with Gasteiger partial charge >= 0.3 is 0 Å². The normalized spacial score (nSPS) is 18.6. The molecule has 0 aliphatic carbocycles. The van der Waals surface area contributed by atoms with E-state index in [1.807, 2.05) is 18.2 Å². The van der Waals surface area contributed by atoms with Gasteiger partial charge in [0.15, 0.2) is 0 Å². The molecule has 0 unspecified atom stereocenters. The van der Waals surface area contributed by atoms with Crippen molar-refractivity contribution in [1.29, 1.82) is 0 Å². The smallest absolute Gasteiger partial charge is 0.208 e. The third-order valence-electron chi connectivity index (χ3n) is 3.11. The van der Waals surface area contributed by atoms with Gasteiger partial charge in [-0.05, 0) is 36.5 Å². The summed E-state index contributed by atoms with van der Waals surface area (Å²) in [5.41, 5.74) is 2.28. The summed E-state index contributed by atoms with van der Waals surface area (Å²) >= 11 is 6.11. The lowest BCUT2D eigenvalue weighted by molar-refractivity contribution is 0.106. The van der Waals surface area contributed by atoms with Gasteiger partial charge in [-0.25, -0.2) is 0 Å². The van der Waals surface area contributed by atoms with Crippen LogP contribution in [-0.4, -0.2) is 11.5 Å². The Morgan fingerprint density at radius 1 is 1.50 bits per heavy atom. The number of benzene rings is 1. The van der Waals surface area contributed by atoms with E-state index in [2.05, 4.69) is 18.8 Å². The highest BCUT2D eigenvalue weighted by Crippen LogP contribution is 2.22. The van der Waals surface area contributed by atoms with Gasteiger partial charge in [-0.1, -0.05) is 37.6 Å². The van der Waals surface area contributed by atoms with Crippen molar-refractivity contribution in [1.82, 2.24) is 0 Å². The molecule has 0 spiro atoms. The average Bonchev–Trinajstić information content (AvgIpc) is 2.38. The number of carbonyl (C=O) groups is 1. The Kier molecular flexibility index (Phi) is 3.97. The molecule has 2 nitrogen and oxygen atoms in total. The molecule has 0 bridgehead atoms. The Balaban J connectivity index is 2.34. The van der Waals surface area contributed by atoms with E-state index >= 15 is 0 Å².